The molecule has 1 aliphatic rings. The van der Waals surface area contributed by atoms with E-state index in [0.29, 0.717) is 5.41 Å². The first-order valence-electron chi connectivity index (χ1n) is 7.56. The third-order valence-corrected chi connectivity index (χ3v) is 4.41. The third-order valence-electron chi connectivity index (χ3n) is 4.41. The van der Waals surface area contributed by atoms with Crippen molar-refractivity contribution in [3.8, 4) is 0 Å². The highest BCUT2D eigenvalue weighted by atomic mass is 15.1. The standard InChI is InChI=1S/C15H32N2/c1-5-14(6-2)11-17(7-3)13-15(4)9-8-10-16-12-15/h14,16H,5-13H2,1-4H3. The van der Waals surface area contributed by atoms with Gasteiger partial charge in [-0.15, -0.1) is 0 Å². The summed E-state index contributed by atoms with van der Waals surface area (Å²) in [7, 11) is 0. The number of nitrogens with one attached hydrogen (secondary N) is 1. The van der Waals surface area contributed by atoms with Crippen LogP contribution in [0.3, 0.4) is 0 Å². The number of hydrogen-bond donors (Lipinski definition) is 1. The lowest BCUT2D eigenvalue weighted by atomic mass is 9.82. The van der Waals surface area contributed by atoms with Crippen molar-refractivity contribution in [2.45, 2.75) is 53.4 Å². The van der Waals surface area contributed by atoms with Gasteiger partial charge in [-0.3, -0.25) is 0 Å². The van der Waals surface area contributed by atoms with Crippen molar-refractivity contribution in [1.82, 2.24) is 10.2 Å². The molecule has 1 unspecified atom stereocenters. The Kier molecular flexibility index (Phi) is 6.50. The van der Waals surface area contributed by atoms with Gasteiger partial charge in [0.1, 0.15) is 0 Å². The van der Waals surface area contributed by atoms with Gasteiger partial charge in [0, 0.05) is 19.6 Å². The summed E-state index contributed by atoms with van der Waals surface area (Å²) in [5.41, 5.74) is 0.500. The summed E-state index contributed by atoms with van der Waals surface area (Å²) in [5.74, 6) is 0.884. The Morgan fingerprint density at radius 3 is 2.41 bits per heavy atom. The van der Waals surface area contributed by atoms with Crippen LogP contribution in [0.2, 0.25) is 0 Å². The average molecular weight is 240 g/mol. The molecule has 0 radical (unpaired) electrons. The van der Waals surface area contributed by atoms with Crippen molar-refractivity contribution in [2.24, 2.45) is 11.3 Å². The third kappa shape index (κ3) is 4.97. The van der Waals surface area contributed by atoms with Crippen molar-refractivity contribution in [3.63, 3.8) is 0 Å². The molecule has 0 aromatic rings. The van der Waals surface area contributed by atoms with E-state index in [4.69, 9.17) is 0 Å². The van der Waals surface area contributed by atoms with Crippen LogP contribution in [-0.2, 0) is 0 Å². The Bertz CT molecular complexity index is 193. The Balaban J connectivity index is 2.44. The van der Waals surface area contributed by atoms with Crippen LogP contribution >= 0.6 is 0 Å². The Labute approximate surface area is 108 Å². The molecule has 0 amide bonds. The quantitative estimate of drug-likeness (QED) is 0.735. The minimum Gasteiger partial charge on any atom is -0.316 e. The van der Waals surface area contributed by atoms with Gasteiger partial charge in [0.2, 0.25) is 0 Å². The summed E-state index contributed by atoms with van der Waals surface area (Å²) in [4.78, 5) is 2.67. The second kappa shape index (κ2) is 7.38. The van der Waals surface area contributed by atoms with Crippen molar-refractivity contribution in [1.29, 1.82) is 0 Å². The molecule has 1 heterocycles. The van der Waals surface area contributed by atoms with E-state index in [1.165, 1.54) is 58.4 Å². The fourth-order valence-electron chi connectivity index (χ4n) is 3.01. The van der Waals surface area contributed by atoms with E-state index in [1.807, 2.05) is 0 Å². The van der Waals surface area contributed by atoms with E-state index in [1.54, 1.807) is 0 Å². The summed E-state index contributed by atoms with van der Waals surface area (Å²) in [6.07, 6.45) is 5.38. The van der Waals surface area contributed by atoms with E-state index in [9.17, 15) is 0 Å². The predicted molar refractivity (Wildman–Crippen MR) is 76.4 cm³/mol. The normalized spacial score (nSPS) is 25.8. The molecular formula is C15H32N2. The molecule has 1 fully saturated rings. The molecule has 1 saturated heterocycles. The molecule has 1 atom stereocenters. The highest BCUT2D eigenvalue weighted by Gasteiger charge is 2.28. The first-order chi connectivity index (χ1) is 8.13. The Hall–Kier alpha value is -0.0800. The van der Waals surface area contributed by atoms with Crippen LogP contribution in [0.25, 0.3) is 0 Å². The van der Waals surface area contributed by atoms with Gasteiger partial charge in [0.25, 0.3) is 0 Å². The van der Waals surface area contributed by atoms with Crippen LogP contribution < -0.4 is 5.32 Å². The maximum absolute atomic E-state index is 3.56. The first kappa shape index (κ1) is 15.0. The largest absolute Gasteiger partial charge is 0.316 e. The summed E-state index contributed by atoms with van der Waals surface area (Å²) in [6.45, 7) is 15.6. The molecule has 2 heteroatoms. The molecule has 0 spiro atoms. The van der Waals surface area contributed by atoms with Gasteiger partial charge < -0.3 is 10.2 Å². The first-order valence-corrected chi connectivity index (χ1v) is 7.56. The fraction of sp³-hybridized carbons (Fsp3) is 1.00. The molecule has 0 aliphatic carbocycles. The average Bonchev–Trinajstić information content (AvgIpc) is 2.35. The molecule has 0 bridgehead atoms. The van der Waals surface area contributed by atoms with E-state index >= 15 is 0 Å². The second-order valence-corrected chi connectivity index (χ2v) is 6.10. The fourth-order valence-corrected chi connectivity index (χ4v) is 3.01. The van der Waals surface area contributed by atoms with Gasteiger partial charge >= 0.3 is 0 Å². The topological polar surface area (TPSA) is 15.3 Å². The van der Waals surface area contributed by atoms with E-state index in [-0.39, 0.29) is 0 Å². The molecule has 0 aromatic carbocycles. The van der Waals surface area contributed by atoms with Gasteiger partial charge in [-0.2, -0.15) is 0 Å². The number of piperidine rings is 1. The zero-order chi connectivity index (χ0) is 12.7. The molecular weight excluding hydrogens is 208 g/mol. The summed E-state index contributed by atoms with van der Waals surface area (Å²) < 4.78 is 0. The van der Waals surface area contributed by atoms with Crippen LogP contribution in [-0.4, -0.2) is 37.6 Å². The molecule has 1 rings (SSSR count). The van der Waals surface area contributed by atoms with Gasteiger partial charge in [0.05, 0.1) is 0 Å². The Morgan fingerprint density at radius 2 is 1.94 bits per heavy atom. The van der Waals surface area contributed by atoms with Crippen molar-refractivity contribution < 1.29 is 0 Å². The molecule has 17 heavy (non-hydrogen) atoms. The van der Waals surface area contributed by atoms with E-state index < -0.39 is 0 Å². The molecule has 1 N–H and O–H groups in total. The minimum atomic E-state index is 0.500. The number of nitrogens with zero attached hydrogens (tertiary/aromatic N) is 1. The van der Waals surface area contributed by atoms with Crippen LogP contribution in [0, 0.1) is 11.3 Å². The highest BCUT2D eigenvalue weighted by molar-refractivity contribution is 4.84. The molecule has 102 valence electrons. The Morgan fingerprint density at radius 1 is 1.24 bits per heavy atom. The number of rotatable bonds is 7. The molecule has 0 saturated carbocycles. The summed E-state index contributed by atoms with van der Waals surface area (Å²) >= 11 is 0. The highest BCUT2D eigenvalue weighted by Crippen LogP contribution is 2.27. The molecule has 2 nitrogen and oxygen atoms in total. The van der Waals surface area contributed by atoms with Gasteiger partial charge in [-0.05, 0) is 37.3 Å². The van der Waals surface area contributed by atoms with Crippen LogP contribution in [0.5, 0.6) is 0 Å². The van der Waals surface area contributed by atoms with E-state index in [2.05, 4.69) is 37.9 Å². The summed E-state index contributed by atoms with van der Waals surface area (Å²) in [6, 6.07) is 0. The van der Waals surface area contributed by atoms with Gasteiger partial charge in [-0.25, -0.2) is 0 Å². The lowest BCUT2D eigenvalue weighted by Gasteiger charge is -2.39. The molecule has 1 aliphatic heterocycles. The van der Waals surface area contributed by atoms with Gasteiger partial charge in [0.15, 0.2) is 0 Å². The molecule has 0 aromatic heterocycles. The minimum absolute atomic E-state index is 0.500. The van der Waals surface area contributed by atoms with Crippen LogP contribution in [0.4, 0.5) is 0 Å². The smallest absolute Gasteiger partial charge is 0.00475 e. The van der Waals surface area contributed by atoms with Crippen molar-refractivity contribution in [2.75, 3.05) is 32.7 Å². The van der Waals surface area contributed by atoms with Crippen molar-refractivity contribution >= 4 is 0 Å². The van der Waals surface area contributed by atoms with Gasteiger partial charge in [-0.1, -0.05) is 40.5 Å². The monoisotopic (exact) mass is 240 g/mol. The SMILES string of the molecule is CCC(CC)CN(CC)CC1(C)CCCNC1. The number of hydrogen-bond acceptors (Lipinski definition) is 2. The predicted octanol–water partition coefficient (Wildman–Crippen LogP) is 3.13. The maximum Gasteiger partial charge on any atom is 0.00475 e. The lowest BCUT2D eigenvalue weighted by Crippen LogP contribution is -2.46. The lowest BCUT2D eigenvalue weighted by molar-refractivity contribution is 0.121. The van der Waals surface area contributed by atoms with Crippen LogP contribution in [0.15, 0.2) is 0 Å². The zero-order valence-corrected chi connectivity index (χ0v) is 12.4. The van der Waals surface area contributed by atoms with E-state index in [0.717, 1.165) is 5.92 Å². The van der Waals surface area contributed by atoms with Crippen LogP contribution in [0.1, 0.15) is 53.4 Å². The summed E-state index contributed by atoms with van der Waals surface area (Å²) in [5, 5.41) is 3.56. The zero-order valence-electron chi connectivity index (χ0n) is 12.4. The second-order valence-electron chi connectivity index (χ2n) is 6.10. The van der Waals surface area contributed by atoms with Crippen molar-refractivity contribution in [3.05, 3.63) is 0 Å². The maximum atomic E-state index is 3.56.